The maximum Gasteiger partial charge on any atom is 0.0690 e. The Morgan fingerprint density at radius 2 is 0.889 bits per heavy atom. The molecule has 0 saturated carbocycles. The molecule has 1 nitrogen and oxygen atoms in total. The van der Waals surface area contributed by atoms with Crippen molar-refractivity contribution >= 4 is 23.9 Å². The Hall–Kier alpha value is 0.499. The minimum Gasteiger partial charge on any atom is -0.389 e. The molecule has 1 atom stereocenters. The summed E-state index contributed by atoms with van der Waals surface area (Å²) in [5, 5.41) is 8.24. The summed E-state index contributed by atoms with van der Waals surface area (Å²) in [6.07, 6.45) is 9.04. The largest absolute Gasteiger partial charge is 0.389 e. The Balaban J connectivity index is -0.0000000412. The van der Waals surface area contributed by atoms with Crippen molar-refractivity contribution in [2.24, 2.45) is 0 Å². The van der Waals surface area contributed by atoms with Gasteiger partial charge in [-0.25, -0.2) is 0 Å². The van der Waals surface area contributed by atoms with Gasteiger partial charge in [-0.2, -0.15) is 0 Å². The first-order valence-electron chi connectivity index (χ1n) is 7.32. The van der Waals surface area contributed by atoms with Crippen LogP contribution < -0.4 is 0 Å². The molecule has 1 unspecified atom stereocenters. The van der Waals surface area contributed by atoms with Gasteiger partial charge in [-0.15, -0.1) is 6.58 Å². The summed E-state index contributed by atoms with van der Waals surface area (Å²) < 4.78 is 0. The number of unbranched alkanes of at least 4 members (excludes halogenated alkanes) is 3. The van der Waals surface area contributed by atoms with Crippen LogP contribution in [0.1, 0.15) is 87.0 Å². The number of hydrogen-bond acceptors (Lipinski definition) is 1. The fourth-order valence-electron chi connectivity index (χ4n) is 0. The second-order valence-corrected chi connectivity index (χ2v) is 3.98. The maximum absolute atomic E-state index is 8.24. The van der Waals surface area contributed by atoms with Crippen LogP contribution in [0.15, 0.2) is 12.7 Å². The van der Waals surface area contributed by atoms with Gasteiger partial charge in [0.15, 0.2) is 0 Å². The van der Waals surface area contributed by atoms with E-state index in [9.17, 15) is 0 Å². The third kappa shape index (κ3) is 131. The number of rotatable bonds is 4. The Bertz CT molecular complexity index is 77.6. The van der Waals surface area contributed by atoms with Gasteiger partial charge in [-0.3, -0.25) is 0 Å². The predicted octanol–water partition coefficient (Wildman–Crippen LogP) is 5.59. The second-order valence-electron chi connectivity index (χ2n) is 3.98. The summed E-state index contributed by atoms with van der Waals surface area (Å²) in [5.41, 5.74) is 0. The van der Waals surface area contributed by atoms with E-state index in [0.717, 1.165) is 0 Å². The molecule has 0 bridgehead atoms. The summed E-state index contributed by atoms with van der Waals surface area (Å²) >= 11 is 0. The summed E-state index contributed by atoms with van der Waals surface area (Å²) in [4.78, 5) is 0. The molecule has 0 aliphatic carbocycles. The molecule has 112 valence electrons. The van der Waals surface area contributed by atoms with Gasteiger partial charge in [-0.05, 0) is 6.92 Å². The molecule has 0 heterocycles. The molecule has 0 spiro atoms. The van der Waals surface area contributed by atoms with Crippen LogP contribution >= 0.6 is 0 Å². The zero-order valence-electron chi connectivity index (χ0n) is 14.1. The molecule has 1 N–H and O–H groups in total. The molecule has 18 heavy (non-hydrogen) atoms. The first-order valence-corrected chi connectivity index (χ1v) is 7.32. The predicted molar refractivity (Wildman–Crippen MR) is 89.4 cm³/mol. The van der Waals surface area contributed by atoms with Crippen molar-refractivity contribution in [3.8, 4) is 0 Å². The van der Waals surface area contributed by atoms with Crippen LogP contribution in [0.25, 0.3) is 0 Å². The van der Waals surface area contributed by atoms with E-state index in [1.807, 2.05) is 0 Å². The fourth-order valence-corrected chi connectivity index (χ4v) is 0. The molecule has 0 rings (SSSR count). The van der Waals surface area contributed by atoms with E-state index in [4.69, 9.17) is 5.11 Å². The van der Waals surface area contributed by atoms with E-state index in [-0.39, 0.29) is 30.0 Å². The van der Waals surface area contributed by atoms with Gasteiger partial charge < -0.3 is 5.11 Å². The number of aliphatic hydroxyl groups excluding tert-OH is 1. The summed E-state index contributed by atoms with van der Waals surface area (Å²) in [5.74, 6) is 0. The SMILES string of the molecule is C=CC(C)O.CCCC.CCCC.CCCC.[Sn]. The molecule has 0 aromatic heterocycles. The Labute approximate surface area is 134 Å². The van der Waals surface area contributed by atoms with Crippen LogP contribution in [-0.2, 0) is 0 Å². The van der Waals surface area contributed by atoms with Crippen LogP contribution in [0.4, 0.5) is 0 Å². The molecule has 0 aromatic rings. The van der Waals surface area contributed by atoms with Crippen molar-refractivity contribution in [2.45, 2.75) is 93.1 Å². The van der Waals surface area contributed by atoms with Gasteiger partial charge in [-0.1, -0.05) is 86.1 Å². The van der Waals surface area contributed by atoms with Crippen molar-refractivity contribution in [1.29, 1.82) is 0 Å². The minimum absolute atomic E-state index is 0. The minimum atomic E-state index is -0.352. The molecule has 0 fully saturated rings. The normalized spacial score (nSPS) is 8.89. The topological polar surface area (TPSA) is 20.2 Å². The molecule has 0 aliphatic rings. The van der Waals surface area contributed by atoms with Crippen molar-refractivity contribution in [3.05, 3.63) is 12.7 Å². The third-order valence-electron chi connectivity index (χ3n) is 1.84. The smallest absolute Gasteiger partial charge is 0.0690 e. The molecule has 2 heteroatoms. The fraction of sp³-hybridized carbons (Fsp3) is 0.875. The standard InChI is InChI=1S/C4H8O.3C4H10.Sn/c1-3-4(2)5;3*1-3-4-2;/h3-5H,1H2,2H3;3*3-4H2,1-2H3;. The van der Waals surface area contributed by atoms with Crippen LogP contribution in [0.5, 0.6) is 0 Å². The van der Waals surface area contributed by atoms with Crippen LogP contribution in [0, 0.1) is 0 Å². The zero-order chi connectivity index (χ0) is 14.5. The van der Waals surface area contributed by atoms with Gasteiger partial charge in [0.1, 0.15) is 0 Å². The average molecular weight is 365 g/mol. The van der Waals surface area contributed by atoms with Crippen molar-refractivity contribution in [2.75, 3.05) is 0 Å². The molecule has 0 aliphatic heterocycles. The zero-order valence-corrected chi connectivity index (χ0v) is 16.9. The second kappa shape index (κ2) is 43.2. The summed E-state index contributed by atoms with van der Waals surface area (Å²) in [7, 11) is 0. The van der Waals surface area contributed by atoms with Crippen LogP contribution in [0.3, 0.4) is 0 Å². The Kier molecular flexibility index (Phi) is 74.6. The molecule has 4 radical (unpaired) electrons. The van der Waals surface area contributed by atoms with Gasteiger partial charge >= 0.3 is 0 Å². The number of hydrogen-bond donors (Lipinski definition) is 1. The van der Waals surface area contributed by atoms with Crippen molar-refractivity contribution in [3.63, 3.8) is 0 Å². The monoisotopic (exact) mass is 366 g/mol. The van der Waals surface area contributed by atoms with Crippen LogP contribution in [0.2, 0.25) is 0 Å². The Morgan fingerprint density at radius 1 is 0.778 bits per heavy atom. The van der Waals surface area contributed by atoms with Gasteiger partial charge in [0.2, 0.25) is 0 Å². The van der Waals surface area contributed by atoms with Crippen molar-refractivity contribution < 1.29 is 5.11 Å². The molecular formula is C16H38OSn. The van der Waals surface area contributed by atoms with E-state index in [1.165, 1.54) is 44.6 Å². The molecule has 0 saturated heterocycles. The van der Waals surface area contributed by atoms with Crippen molar-refractivity contribution in [1.82, 2.24) is 0 Å². The average Bonchev–Trinajstić information content (AvgIpc) is 2.39. The summed E-state index contributed by atoms with van der Waals surface area (Å²) in [6, 6.07) is 0. The van der Waals surface area contributed by atoms with E-state index in [2.05, 4.69) is 48.1 Å². The number of aliphatic hydroxyl groups is 1. The van der Waals surface area contributed by atoms with E-state index < -0.39 is 0 Å². The Morgan fingerprint density at radius 3 is 0.889 bits per heavy atom. The van der Waals surface area contributed by atoms with Gasteiger partial charge in [0.25, 0.3) is 0 Å². The van der Waals surface area contributed by atoms with E-state index >= 15 is 0 Å². The first kappa shape index (κ1) is 31.1. The van der Waals surface area contributed by atoms with Crippen LogP contribution in [-0.4, -0.2) is 35.1 Å². The summed E-state index contributed by atoms with van der Waals surface area (Å²) in [6.45, 7) is 18.1. The molecule has 0 aromatic carbocycles. The van der Waals surface area contributed by atoms with Gasteiger partial charge in [0, 0.05) is 23.9 Å². The molecule has 0 amide bonds. The molecular weight excluding hydrogens is 327 g/mol. The first-order chi connectivity index (χ1) is 8.01. The third-order valence-corrected chi connectivity index (χ3v) is 1.84. The van der Waals surface area contributed by atoms with E-state index in [1.54, 1.807) is 6.92 Å². The maximum atomic E-state index is 8.24. The van der Waals surface area contributed by atoms with E-state index in [0.29, 0.717) is 0 Å². The van der Waals surface area contributed by atoms with Gasteiger partial charge in [0.05, 0.1) is 6.10 Å². The quantitative estimate of drug-likeness (QED) is 0.509.